The first kappa shape index (κ1) is 17.1. The van der Waals surface area contributed by atoms with Gasteiger partial charge in [0.15, 0.2) is 0 Å². The summed E-state index contributed by atoms with van der Waals surface area (Å²) in [6, 6.07) is 13.2. The molecule has 0 aromatic heterocycles. The van der Waals surface area contributed by atoms with E-state index in [1.807, 2.05) is 12.1 Å². The van der Waals surface area contributed by atoms with Crippen molar-refractivity contribution >= 4 is 33.0 Å². The summed E-state index contributed by atoms with van der Waals surface area (Å²) in [5, 5.41) is 3.79. The predicted octanol–water partition coefficient (Wildman–Crippen LogP) is 3.73. The van der Waals surface area contributed by atoms with E-state index in [4.69, 9.17) is 16.3 Å². The van der Waals surface area contributed by atoms with Crippen LogP contribution in [0.2, 0.25) is 5.02 Å². The summed E-state index contributed by atoms with van der Waals surface area (Å²) in [7, 11) is -3.62. The van der Waals surface area contributed by atoms with E-state index in [-0.39, 0.29) is 11.0 Å². The number of anilines is 2. The van der Waals surface area contributed by atoms with Gasteiger partial charge in [0, 0.05) is 29.5 Å². The average molecular weight is 367 g/mol. The van der Waals surface area contributed by atoms with Crippen molar-refractivity contribution in [3.63, 3.8) is 0 Å². The van der Waals surface area contributed by atoms with Gasteiger partial charge in [0.25, 0.3) is 10.0 Å². The lowest BCUT2D eigenvalue weighted by molar-refractivity contribution is 0.120. The van der Waals surface area contributed by atoms with E-state index in [2.05, 4.69) is 10.0 Å². The van der Waals surface area contributed by atoms with Crippen molar-refractivity contribution in [2.24, 2.45) is 0 Å². The molecule has 2 aromatic rings. The molecular formula is C17H19ClN2O3S. The Morgan fingerprint density at radius 3 is 2.33 bits per heavy atom. The van der Waals surface area contributed by atoms with Gasteiger partial charge in [0.2, 0.25) is 0 Å². The van der Waals surface area contributed by atoms with Crippen LogP contribution in [-0.2, 0) is 14.8 Å². The molecule has 1 unspecified atom stereocenters. The molecule has 1 heterocycles. The van der Waals surface area contributed by atoms with Crippen LogP contribution in [0.1, 0.15) is 12.8 Å². The van der Waals surface area contributed by atoms with Crippen LogP contribution >= 0.6 is 11.6 Å². The molecule has 1 fully saturated rings. The average Bonchev–Trinajstić information content (AvgIpc) is 3.08. The summed E-state index contributed by atoms with van der Waals surface area (Å²) in [5.74, 6) is 0. The van der Waals surface area contributed by atoms with Gasteiger partial charge in [0.05, 0.1) is 11.0 Å². The van der Waals surface area contributed by atoms with Crippen molar-refractivity contribution in [1.29, 1.82) is 0 Å². The second kappa shape index (κ2) is 7.42. The van der Waals surface area contributed by atoms with Gasteiger partial charge in [-0.1, -0.05) is 11.6 Å². The van der Waals surface area contributed by atoms with Crippen LogP contribution < -0.4 is 10.0 Å². The highest BCUT2D eigenvalue weighted by Crippen LogP contribution is 2.20. The molecule has 2 aromatic carbocycles. The van der Waals surface area contributed by atoms with Crippen molar-refractivity contribution in [3.8, 4) is 0 Å². The smallest absolute Gasteiger partial charge is 0.261 e. The normalized spacial score (nSPS) is 17.6. The Bertz CT molecular complexity index is 770. The van der Waals surface area contributed by atoms with E-state index in [9.17, 15) is 8.42 Å². The molecular weight excluding hydrogens is 348 g/mol. The Morgan fingerprint density at radius 2 is 1.71 bits per heavy atom. The van der Waals surface area contributed by atoms with Crippen LogP contribution in [0.15, 0.2) is 53.4 Å². The molecule has 7 heteroatoms. The molecule has 2 N–H and O–H groups in total. The second-order valence-electron chi connectivity index (χ2n) is 5.65. The Balaban J connectivity index is 1.61. The molecule has 1 aliphatic heterocycles. The van der Waals surface area contributed by atoms with Gasteiger partial charge in [-0.2, -0.15) is 0 Å². The molecule has 5 nitrogen and oxygen atoms in total. The third kappa shape index (κ3) is 4.41. The van der Waals surface area contributed by atoms with Gasteiger partial charge < -0.3 is 10.1 Å². The quantitative estimate of drug-likeness (QED) is 0.817. The maximum absolute atomic E-state index is 12.3. The maximum atomic E-state index is 12.3. The zero-order valence-corrected chi connectivity index (χ0v) is 14.6. The number of hydrogen-bond donors (Lipinski definition) is 2. The fraction of sp³-hybridized carbons (Fsp3) is 0.294. The number of hydrogen-bond acceptors (Lipinski definition) is 4. The lowest BCUT2D eigenvalue weighted by Gasteiger charge is -2.13. The molecule has 0 spiro atoms. The van der Waals surface area contributed by atoms with Crippen molar-refractivity contribution < 1.29 is 13.2 Å². The first-order chi connectivity index (χ1) is 11.5. The highest BCUT2D eigenvalue weighted by molar-refractivity contribution is 7.92. The standard InChI is InChI=1S/C17H19ClN2O3S/c18-13-3-9-17(10-4-13)24(21,22)20-15-7-5-14(6-8-15)19-12-16-2-1-11-23-16/h3-10,16,19-20H,1-2,11-12H2. The van der Waals surface area contributed by atoms with Crippen molar-refractivity contribution in [3.05, 3.63) is 53.6 Å². The summed E-state index contributed by atoms with van der Waals surface area (Å²) in [6.07, 6.45) is 2.44. The fourth-order valence-corrected chi connectivity index (χ4v) is 3.71. The minimum absolute atomic E-state index is 0.174. The van der Waals surface area contributed by atoms with Gasteiger partial charge in [-0.05, 0) is 61.4 Å². The van der Waals surface area contributed by atoms with Crippen LogP contribution in [0.5, 0.6) is 0 Å². The summed E-state index contributed by atoms with van der Waals surface area (Å²) in [5.41, 5.74) is 1.44. The molecule has 24 heavy (non-hydrogen) atoms. The minimum Gasteiger partial charge on any atom is -0.382 e. The number of benzene rings is 2. The zero-order chi connectivity index (χ0) is 17.0. The Labute approximate surface area is 147 Å². The highest BCUT2D eigenvalue weighted by atomic mass is 35.5. The lowest BCUT2D eigenvalue weighted by atomic mass is 10.2. The number of halogens is 1. The number of rotatable bonds is 6. The molecule has 0 saturated carbocycles. The minimum atomic E-state index is -3.62. The topological polar surface area (TPSA) is 67.4 Å². The van der Waals surface area contributed by atoms with Crippen LogP contribution in [-0.4, -0.2) is 27.7 Å². The number of sulfonamides is 1. The van der Waals surface area contributed by atoms with Crippen LogP contribution in [0.25, 0.3) is 0 Å². The first-order valence-electron chi connectivity index (χ1n) is 7.77. The third-order valence-corrected chi connectivity index (χ3v) is 5.47. The summed E-state index contributed by atoms with van der Waals surface area (Å²) < 4.78 is 32.7. The summed E-state index contributed by atoms with van der Waals surface area (Å²) >= 11 is 5.79. The van der Waals surface area contributed by atoms with Crippen molar-refractivity contribution in [2.45, 2.75) is 23.8 Å². The second-order valence-corrected chi connectivity index (χ2v) is 7.77. The monoisotopic (exact) mass is 366 g/mol. The van der Waals surface area contributed by atoms with Crippen LogP contribution in [0.3, 0.4) is 0 Å². The van der Waals surface area contributed by atoms with Gasteiger partial charge in [0.1, 0.15) is 0 Å². The molecule has 0 bridgehead atoms. The van der Waals surface area contributed by atoms with E-state index in [1.165, 1.54) is 12.1 Å². The van der Waals surface area contributed by atoms with Crippen molar-refractivity contribution in [1.82, 2.24) is 0 Å². The molecule has 0 radical (unpaired) electrons. The van der Waals surface area contributed by atoms with Crippen LogP contribution in [0.4, 0.5) is 11.4 Å². The highest BCUT2D eigenvalue weighted by Gasteiger charge is 2.15. The number of ether oxygens (including phenoxy) is 1. The van der Waals surface area contributed by atoms with Gasteiger partial charge >= 0.3 is 0 Å². The molecule has 1 saturated heterocycles. The predicted molar refractivity (Wildman–Crippen MR) is 96.2 cm³/mol. The van der Waals surface area contributed by atoms with Crippen LogP contribution in [0, 0.1) is 0 Å². The third-order valence-electron chi connectivity index (χ3n) is 3.82. The maximum Gasteiger partial charge on any atom is 0.261 e. The van der Waals surface area contributed by atoms with E-state index in [0.29, 0.717) is 10.7 Å². The van der Waals surface area contributed by atoms with E-state index in [0.717, 1.165) is 31.7 Å². The largest absolute Gasteiger partial charge is 0.382 e. The Hall–Kier alpha value is -1.76. The molecule has 0 aliphatic carbocycles. The van der Waals surface area contributed by atoms with Gasteiger partial charge in [-0.3, -0.25) is 4.72 Å². The SMILES string of the molecule is O=S(=O)(Nc1ccc(NCC2CCCO2)cc1)c1ccc(Cl)cc1. The Morgan fingerprint density at radius 1 is 1.04 bits per heavy atom. The molecule has 128 valence electrons. The first-order valence-corrected chi connectivity index (χ1v) is 9.63. The van der Waals surface area contributed by atoms with E-state index in [1.54, 1.807) is 24.3 Å². The summed E-state index contributed by atoms with van der Waals surface area (Å²) in [6.45, 7) is 1.59. The van der Waals surface area contributed by atoms with E-state index >= 15 is 0 Å². The molecule has 0 amide bonds. The molecule has 1 atom stereocenters. The fourth-order valence-electron chi connectivity index (χ4n) is 2.52. The Kier molecular flexibility index (Phi) is 5.28. The molecule has 3 rings (SSSR count). The van der Waals surface area contributed by atoms with Crippen molar-refractivity contribution in [2.75, 3.05) is 23.2 Å². The number of nitrogens with one attached hydrogen (secondary N) is 2. The van der Waals surface area contributed by atoms with E-state index < -0.39 is 10.0 Å². The van der Waals surface area contributed by atoms with Gasteiger partial charge in [-0.15, -0.1) is 0 Å². The molecule has 1 aliphatic rings. The lowest BCUT2D eigenvalue weighted by Crippen LogP contribution is -2.18. The summed E-state index contributed by atoms with van der Waals surface area (Å²) in [4.78, 5) is 0.174. The van der Waals surface area contributed by atoms with Gasteiger partial charge in [-0.25, -0.2) is 8.42 Å². The zero-order valence-electron chi connectivity index (χ0n) is 13.0.